The van der Waals surface area contributed by atoms with E-state index in [2.05, 4.69) is 10.3 Å². The van der Waals surface area contributed by atoms with E-state index in [1.807, 2.05) is 67.6 Å². The fourth-order valence-electron chi connectivity index (χ4n) is 3.06. The van der Waals surface area contributed by atoms with Crippen LogP contribution in [0.4, 0.5) is 0 Å². The fraction of sp³-hybridized carbons (Fsp3) is 0.208. The zero-order chi connectivity index (χ0) is 20.5. The molecule has 0 aliphatic rings. The number of rotatable bonds is 8. The maximum Gasteiger partial charge on any atom is 0.269 e. The molecule has 0 bridgehead atoms. The molecule has 0 aliphatic heterocycles. The molecule has 0 radical (unpaired) electrons. The monoisotopic (exact) mass is 387 g/mol. The Morgan fingerprint density at radius 3 is 2.24 bits per heavy atom. The summed E-state index contributed by atoms with van der Waals surface area (Å²) in [4.78, 5) is 31.2. The fourth-order valence-corrected chi connectivity index (χ4v) is 3.06. The lowest BCUT2D eigenvalue weighted by molar-refractivity contribution is 0.0752. The Morgan fingerprint density at radius 2 is 1.59 bits per heavy atom. The minimum absolute atomic E-state index is 0.114. The normalized spacial score (nSPS) is 10.4. The first-order chi connectivity index (χ1) is 14.2. The maximum atomic E-state index is 12.9. The molecule has 1 heterocycles. The molecular weight excluding hydrogens is 362 g/mol. The number of nitrogens with one attached hydrogen (secondary N) is 1. The quantitative estimate of drug-likeness (QED) is 0.641. The Kier molecular flexibility index (Phi) is 7.11. The van der Waals surface area contributed by atoms with Gasteiger partial charge >= 0.3 is 0 Å². The summed E-state index contributed by atoms with van der Waals surface area (Å²) in [6.07, 6.45) is 2.25. The number of amides is 2. The van der Waals surface area contributed by atoms with Crippen molar-refractivity contribution in [3.8, 4) is 0 Å². The van der Waals surface area contributed by atoms with Gasteiger partial charge in [-0.1, -0.05) is 60.7 Å². The molecule has 5 heteroatoms. The van der Waals surface area contributed by atoms with Crippen molar-refractivity contribution in [2.75, 3.05) is 13.1 Å². The Morgan fingerprint density at radius 1 is 0.931 bits per heavy atom. The van der Waals surface area contributed by atoms with Crippen LogP contribution in [-0.2, 0) is 13.0 Å². The van der Waals surface area contributed by atoms with E-state index in [1.54, 1.807) is 17.0 Å². The van der Waals surface area contributed by atoms with Crippen LogP contribution in [0.25, 0.3) is 0 Å². The number of benzene rings is 2. The molecule has 0 unspecified atom stereocenters. The van der Waals surface area contributed by atoms with Gasteiger partial charge in [0, 0.05) is 31.4 Å². The summed E-state index contributed by atoms with van der Waals surface area (Å²) < 4.78 is 0. The Balaban J connectivity index is 1.62. The molecule has 0 saturated carbocycles. The average Bonchev–Trinajstić information content (AvgIpc) is 2.78. The molecule has 3 rings (SSSR count). The van der Waals surface area contributed by atoms with Crippen LogP contribution >= 0.6 is 0 Å². The van der Waals surface area contributed by atoms with Crippen LogP contribution in [0.3, 0.4) is 0 Å². The summed E-state index contributed by atoms with van der Waals surface area (Å²) in [6.45, 7) is 3.56. The van der Waals surface area contributed by atoms with Gasteiger partial charge in [0.25, 0.3) is 11.8 Å². The topological polar surface area (TPSA) is 62.3 Å². The van der Waals surface area contributed by atoms with Crippen LogP contribution in [-0.4, -0.2) is 34.8 Å². The predicted octanol–water partition coefficient (Wildman–Crippen LogP) is 3.72. The van der Waals surface area contributed by atoms with Crippen molar-refractivity contribution in [3.05, 3.63) is 101 Å². The highest BCUT2D eigenvalue weighted by molar-refractivity contribution is 5.98. The van der Waals surface area contributed by atoms with Gasteiger partial charge in [-0.25, -0.2) is 0 Å². The smallest absolute Gasteiger partial charge is 0.269 e. The average molecular weight is 387 g/mol. The Labute approximate surface area is 171 Å². The van der Waals surface area contributed by atoms with E-state index in [0.717, 1.165) is 17.5 Å². The van der Waals surface area contributed by atoms with Gasteiger partial charge < -0.3 is 10.2 Å². The van der Waals surface area contributed by atoms with E-state index in [4.69, 9.17) is 0 Å². The van der Waals surface area contributed by atoms with Crippen LogP contribution in [0.5, 0.6) is 0 Å². The van der Waals surface area contributed by atoms with E-state index in [-0.39, 0.29) is 17.5 Å². The van der Waals surface area contributed by atoms with Gasteiger partial charge in [0.2, 0.25) is 0 Å². The van der Waals surface area contributed by atoms with Gasteiger partial charge in [-0.05, 0) is 36.6 Å². The summed E-state index contributed by atoms with van der Waals surface area (Å²) in [6, 6.07) is 23.0. The second-order valence-electron chi connectivity index (χ2n) is 6.73. The number of pyridine rings is 1. The molecular formula is C24H25N3O2. The zero-order valence-electron chi connectivity index (χ0n) is 16.5. The van der Waals surface area contributed by atoms with Crippen LogP contribution in [0.2, 0.25) is 0 Å². The highest BCUT2D eigenvalue weighted by Crippen LogP contribution is 2.11. The lowest BCUT2D eigenvalue weighted by Crippen LogP contribution is -2.31. The van der Waals surface area contributed by atoms with Crippen molar-refractivity contribution in [2.45, 2.75) is 19.9 Å². The second-order valence-corrected chi connectivity index (χ2v) is 6.73. The molecule has 29 heavy (non-hydrogen) atoms. The van der Waals surface area contributed by atoms with E-state index < -0.39 is 0 Å². The van der Waals surface area contributed by atoms with Crippen molar-refractivity contribution < 1.29 is 9.59 Å². The van der Waals surface area contributed by atoms with E-state index in [1.165, 1.54) is 6.20 Å². The molecule has 1 aromatic heterocycles. The van der Waals surface area contributed by atoms with Crippen molar-refractivity contribution in [1.29, 1.82) is 0 Å². The Bertz CT molecular complexity index is 943. The van der Waals surface area contributed by atoms with Gasteiger partial charge in [-0.2, -0.15) is 0 Å². The highest BCUT2D eigenvalue weighted by Gasteiger charge is 2.17. The molecule has 0 atom stereocenters. The number of nitrogens with zero attached hydrogens (tertiary/aromatic N) is 2. The largest absolute Gasteiger partial charge is 0.350 e. The predicted molar refractivity (Wildman–Crippen MR) is 114 cm³/mol. The molecule has 2 amide bonds. The SMILES string of the molecule is CCN(Cc1ccccc1)C(=O)c1ccnc(C(=O)NCCc2ccccc2)c1. The van der Waals surface area contributed by atoms with Crippen LogP contribution in [0, 0.1) is 0 Å². The summed E-state index contributed by atoms with van der Waals surface area (Å²) in [5.74, 6) is -0.390. The summed E-state index contributed by atoms with van der Waals surface area (Å²) >= 11 is 0. The lowest BCUT2D eigenvalue weighted by atomic mass is 10.1. The number of carbonyl (C=O) groups is 2. The number of hydrogen-bond donors (Lipinski definition) is 1. The molecule has 148 valence electrons. The van der Waals surface area contributed by atoms with Crippen LogP contribution < -0.4 is 5.32 Å². The minimum atomic E-state index is -0.276. The third kappa shape index (κ3) is 5.75. The van der Waals surface area contributed by atoms with Gasteiger partial charge in [0.05, 0.1) is 0 Å². The minimum Gasteiger partial charge on any atom is -0.350 e. The first kappa shape index (κ1) is 20.3. The van der Waals surface area contributed by atoms with Gasteiger partial charge in [0.1, 0.15) is 5.69 Å². The van der Waals surface area contributed by atoms with E-state index >= 15 is 0 Å². The standard InChI is InChI=1S/C24H25N3O2/c1-2-27(18-20-11-7-4-8-12-20)24(29)21-14-16-25-22(17-21)23(28)26-15-13-19-9-5-3-6-10-19/h3-12,14,16-17H,2,13,15,18H2,1H3,(H,26,28). The lowest BCUT2D eigenvalue weighted by Gasteiger charge is -2.21. The molecule has 0 aliphatic carbocycles. The van der Waals surface area contributed by atoms with E-state index in [9.17, 15) is 9.59 Å². The van der Waals surface area contributed by atoms with Crippen molar-refractivity contribution in [3.63, 3.8) is 0 Å². The molecule has 3 aromatic rings. The van der Waals surface area contributed by atoms with Crippen LogP contribution in [0.15, 0.2) is 79.0 Å². The summed E-state index contributed by atoms with van der Waals surface area (Å²) in [5, 5.41) is 2.87. The van der Waals surface area contributed by atoms with Gasteiger partial charge in [-0.15, -0.1) is 0 Å². The number of hydrogen-bond acceptors (Lipinski definition) is 3. The van der Waals surface area contributed by atoms with Gasteiger partial charge in [-0.3, -0.25) is 14.6 Å². The third-order valence-corrected chi connectivity index (χ3v) is 4.67. The van der Waals surface area contributed by atoms with Crippen molar-refractivity contribution in [1.82, 2.24) is 15.2 Å². The number of carbonyl (C=O) groups excluding carboxylic acids is 2. The van der Waals surface area contributed by atoms with E-state index in [0.29, 0.717) is 25.2 Å². The van der Waals surface area contributed by atoms with Crippen molar-refractivity contribution >= 4 is 11.8 Å². The second kappa shape index (κ2) is 10.2. The van der Waals surface area contributed by atoms with Crippen LogP contribution in [0.1, 0.15) is 38.9 Å². The maximum absolute atomic E-state index is 12.9. The van der Waals surface area contributed by atoms with Crippen molar-refractivity contribution in [2.24, 2.45) is 0 Å². The molecule has 0 fully saturated rings. The van der Waals surface area contributed by atoms with Gasteiger partial charge in [0.15, 0.2) is 0 Å². The Hall–Kier alpha value is -3.47. The summed E-state index contributed by atoms with van der Waals surface area (Å²) in [7, 11) is 0. The molecule has 0 spiro atoms. The molecule has 1 N–H and O–H groups in total. The first-order valence-corrected chi connectivity index (χ1v) is 9.78. The highest BCUT2D eigenvalue weighted by atomic mass is 16.2. The molecule has 0 saturated heterocycles. The summed E-state index contributed by atoms with van der Waals surface area (Å²) in [5.41, 5.74) is 2.94. The first-order valence-electron chi connectivity index (χ1n) is 9.78. The number of aromatic nitrogens is 1. The molecule has 5 nitrogen and oxygen atoms in total. The third-order valence-electron chi connectivity index (χ3n) is 4.67. The molecule has 2 aromatic carbocycles. The zero-order valence-corrected chi connectivity index (χ0v) is 16.5.